The summed E-state index contributed by atoms with van der Waals surface area (Å²) in [5.74, 6) is 0.705. The third kappa shape index (κ3) is 10.2. The van der Waals surface area contributed by atoms with Crippen LogP contribution in [0.5, 0.6) is 0 Å². The highest BCUT2D eigenvalue weighted by atomic mass is 32.2. The van der Waals surface area contributed by atoms with Gasteiger partial charge in [0.05, 0.1) is 5.75 Å². The normalized spacial score (nSPS) is 12.3. The van der Waals surface area contributed by atoms with Crippen molar-refractivity contribution in [3.8, 4) is 0 Å². The Labute approximate surface area is 93.9 Å². The summed E-state index contributed by atoms with van der Waals surface area (Å²) in [6.07, 6.45) is 1.92. The highest BCUT2D eigenvalue weighted by Gasteiger charge is 2.08. The fourth-order valence-electron chi connectivity index (χ4n) is 1.08. The van der Waals surface area contributed by atoms with Gasteiger partial charge in [-0.2, -0.15) is 0 Å². The number of nitrogens with one attached hydrogen (secondary N) is 2. The van der Waals surface area contributed by atoms with Gasteiger partial charge in [-0.25, -0.2) is 13.1 Å². The van der Waals surface area contributed by atoms with Crippen molar-refractivity contribution in [1.29, 1.82) is 0 Å². The zero-order chi connectivity index (χ0) is 11.7. The van der Waals surface area contributed by atoms with E-state index in [0.29, 0.717) is 19.0 Å². The maximum atomic E-state index is 11.4. The van der Waals surface area contributed by atoms with Crippen LogP contribution in [0.2, 0.25) is 0 Å². The summed E-state index contributed by atoms with van der Waals surface area (Å²) < 4.78 is 25.4. The molecule has 0 spiro atoms. The molecule has 0 saturated carbocycles. The lowest BCUT2D eigenvalue weighted by molar-refractivity contribution is 0.549. The van der Waals surface area contributed by atoms with Gasteiger partial charge in [-0.15, -0.1) is 0 Å². The van der Waals surface area contributed by atoms with Crippen molar-refractivity contribution in [3.05, 3.63) is 0 Å². The molecular weight excluding hydrogens is 212 g/mol. The van der Waals surface area contributed by atoms with Crippen molar-refractivity contribution in [2.75, 3.05) is 25.4 Å². The second kappa shape index (κ2) is 8.07. The molecule has 2 N–H and O–H groups in total. The minimum absolute atomic E-state index is 0.172. The van der Waals surface area contributed by atoms with Crippen molar-refractivity contribution in [3.63, 3.8) is 0 Å². The minimum atomic E-state index is -3.07. The number of rotatable bonds is 9. The van der Waals surface area contributed by atoms with E-state index in [-0.39, 0.29) is 5.75 Å². The molecule has 0 atom stereocenters. The Morgan fingerprint density at radius 3 is 2.33 bits per heavy atom. The van der Waals surface area contributed by atoms with E-state index in [0.717, 1.165) is 19.4 Å². The van der Waals surface area contributed by atoms with Crippen LogP contribution in [0.3, 0.4) is 0 Å². The Morgan fingerprint density at radius 2 is 1.80 bits per heavy atom. The molecule has 0 aliphatic rings. The van der Waals surface area contributed by atoms with E-state index < -0.39 is 10.0 Å². The summed E-state index contributed by atoms with van der Waals surface area (Å²) in [5.41, 5.74) is 0. The predicted octanol–water partition coefficient (Wildman–Crippen LogP) is 0.952. The zero-order valence-corrected chi connectivity index (χ0v) is 10.9. The van der Waals surface area contributed by atoms with Crippen molar-refractivity contribution in [2.24, 2.45) is 5.92 Å². The summed E-state index contributed by atoms with van der Waals surface area (Å²) in [6.45, 7) is 8.18. The smallest absolute Gasteiger partial charge is 0.212 e. The third-order valence-electron chi connectivity index (χ3n) is 2.02. The molecule has 92 valence electrons. The molecule has 0 aliphatic heterocycles. The van der Waals surface area contributed by atoms with Crippen molar-refractivity contribution >= 4 is 10.0 Å². The number of hydrogen-bond donors (Lipinski definition) is 2. The first-order valence-corrected chi connectivity index (χ1v) is 7.31. The van der Waals surface area contributed by atoms with Gasteiger partial charge in [0.25, 0.3) is 0 Å². The Bertz CT molecular complexity index is 238. The molecule has 0 rings (SSSR count). The van der Waals surface area contributed by atoms with Crippen molar-refractivity contribution in [2.45, 2.75) is 33.6 Å². The van der Waals surface area contributed by atoms with Gasteiger partial charge in [-0.1, -0.05) is 20.8 Å². The molecule has 0 unspecified atom stereocenters. The summed E-state index contributed by atoms with van der Waals surface area (Å²) in [6, 6.07) is 0. The molecule has 0 aliphatic carbocycles. The molecular formula is C10H24N2O2S. The first kappa shape index (κ1) is 14.9. The van der Waals surface area contributed by atoms with Gasteiger partial charge < -0.3 is 5.32 Å². The van der Waals surface area contributed by atoms with Crippen LogP contribution in [0.25, 0.3) is 0 Å². The SMILES string of the molecule is CCCNCCS(=O)(=O)NCCC(C)C. The van der Waals surface area contributed by atoms with Crippen molar-refractivity contribution < 1.29 is 8.42 Å². The summed E-state index contributed by atoms with van der Waals surface area (Å²) in [5, 5.41) is 3.07. The quantitative estimate of drug-likeness (QED) is 0.586. The van der Waals surface area contributed by atoms with E-state index in [4.69, 9.17) is 0 Å². The minimum Gasteiger partial charge on any atom is -0.316 e. The summed E-state index contributed by atoms with van der Waals surface area (Å²) >= 11 is 0. The van der Waals surface area contributed by atoms with Gasteiger partial charge in [0.2, 0.25) is 10.0 Å². The van der Waals surface area contributed by atoms with Crippen LogP contribution in [0.4, 0.5) is 0 Å². The first-order chi connectivity index (χ1) is 6.98. The Kier molecular flexibility index (Phi) is 8.00. The second-order valence-electron chi connectivity index (χ2n) is 4.15. The van der Waals surface area contributed by atoms with E-state index >= 15 is 0 Å². The van der Waals surface area contributed by atoms with Gasteiger partial charge in [-0.05, 0) is 25.3 Å². The molecule has 5 heteroatoms. The van der Waals surface area contributed by atoms with Crippen LogP contribution < -0.4 is 10.0 Å². The maximum Gasteiger partial charge on any atom is 0.212 e. The summed E-state index contributed by atoms with van der Waals surface area (Å²) in [7, 11) is -3.07. The van der Waals surface area contributed by atoms with Gasteiger partial charge in [0.1, 0.15) is 0 Å². The van der Waals surface area contributed by atoms with Crippen LogP contribution in [0.1, 0.15) is 33.6 Å². The standard InChI is InChI=1S/C10H24N2O2S/c1-4-6-11-8-9-15(13,14)12-7-5-10(2)3/h10-12H,4-9H2,1-3H3. The zero-order valence-electron chi connectivity index (χ0n) is 10.0. The van der Waals surface area contributed by atoms with E-state index in [2.05, 4.69) is 30.8 Å². The topological polar surface area (TPSA) is 58.2 Å². The van der Waals surface area contributed by atoms with Crippen LogP contribution >= 0.6 is 0 Å². The predicted molar refractivity (Wildman–Crippen MR) is 64.4 cm³/mol. The first-order valence-electron chi connectivity index (χ1n) is 5.66. The second-order valence-corrected chi connectivity index (χ2v) is 6.07. The Morgan fingerprint density at radius 1 is 1.13 bits per heavy atom. The lowest BCUT2D eigenvalue weighted by Crippen LogP contribution is -2.33. The summed E-state index contributed by atoms with van der Waals surface area (Å²) in [4.78, 5) is 0. The molecule has 0 aromatic rings. The lowest BCUT2D eigenvalue weighted by Gasteiger charge is -2.08. The van der Waals surface area contributed by atoms with E-state index in [9.17, 15) is 8.42 Å². The van der Waals surface area contributed by atoms with E-state index in [1.54, 1.807) is 0 Å². The van der Waals surface area contributed by atoms with E-state index in [1.165, 1.54) is 0 Å². The molecule has 0 heterocycles. The van der Waals surface area contributed by atoms with Crippen LogP contribution in [0, 0.1) is 5.92 Å². The highest BCUT2D eigenvalue weighted by molar-refractivity contribution is 7.89. The fourth-order valence-corrected chi connectivity index (χ4v) is 2.07. The number of hydrogen-bond acceptors (Lipinski definition) is 3. The molecule has 0 aromatic carbocycles. The monoisotopic (exact) mass is 236 g/mol. The van der Waals surface area contributed by atoms with Gasteiger partial charge in [0, 0.05) is 13.1 Å². The maximum absolute atomic E-state index is 11.4. The van der Waals surface area contributed by atoms with Gasteiger partial charge in [0.15, 0.2) is 0 Å². The Balaban J connectivity index is 3.59. The van der Waals surface area contributed by atoms with Crippen molar-refractivity contribution in [1.82, 2.24) is 10.0 Å². The van der Waals surface area contributed by atoms with E-state index in [1.807, 2.05) is 0 Å². The van der Waals surface area contributed by atoms with Gasteiger partial charge >= 0.3 is 0 Å². The lowest BCUT2D eigenvalue weighted by atomic mass is 10.1. The van der Waals surface area contributed by atoms with Crippen LogP contribution in [-0.4, -0.2) is 33.8 Å². The molecule has 15 heavy (non-hydrogen) atoms. The molecule has 0 amide bonds. The largest absolute Gasteiger partial charge is 0.316 e. The molecule has 0 fully saturated rings. The third-order valence-corrected chi connectivity index (χ3v) is 3.40. The molecule has 0 bridgehead atoms. The molecule has 0 radical (unpaired) electrons. The number of sulfonamides is 1. The molecule has 0 saturated heterocycles. The highest BCUT2D eigenvalue weighted by Crippen LogP contribution is 1.97. The van der Waals surface area contributed by atoms with Crippen LogP contribution in [0.15, 0.2) is 0 Å². The van der Waals surface area contributed by atoms with Gasteiger partial charge in [-0.3, -0.25) is 0 Å². The average Bonchev–Trinajstić information content (AvgIpc) is 2.11. The Hall–Kier alpha value is -0.130. The molecule has 0 aromatic heterocycles. The van der Waals surface area contributed by atoms with Crippen LogP contribution in [-0.2, 0) is 10.0 Å². The average molecular weight is 236 g/mol. The fraction of sp³-hybridized carbons (Fsp3) is 1.00. The molecule has 4 nitrogen and oxygen atoms in total.